The van der Waals surface area contributed by atoms with E-state index in [-0.39, 0.29) is 47.0 Å². The molecule has 4 saturated carbocycles. The van der Waals surface area contributed by atoms with Crippen LogP contribution in [0.4, 0.5) is 0 Å². The maximum atomic E-state index is 13.8. The van der Waals surface area contributed by atoms with Gasteiger partial charge in [0.05, 0.1) is 43.0 Å². The fraction of sp³-hybridized carbons (Fsp3) is 0.915. The van der Waals surface area contributed by atoms with Gasteiger partial charge in [-0.1, -0.05) is 53.2 Å². The second-order valence-corrected chi connectivity index (χ2v) is 22.7. The van der Waals surface area contributed by atoms with Crippen molar-refractivity contribution in [1.29, 1.82) is 0 Å². The maximum absolute atomic E-state index is 13.8. The Morgan fingerprint density at radius 2 is 1.48 bits per heavy atom. The van der Waals surface area contributed by atoms with Crippen molar-refractivity contribution in [2.24, 2.45) is 50.2 Å². The van der Waals surface area contributed by atoms with E-state index in [1.54, 1.807) is 0 Å². The molecule has 8 aliphatic rings. The summed E-state index contributed by atoms with van der Waals surface area (Å²) in [7, 11) is 0. The van der Waals surface area contributed by atoms with Crippen LogP contribution in [0.1, 0.15) is 113 Å². The molecule has 0 bridgehead atoms. The van der Waals surface area contributed by atoms with Crippen LogP contribution in [0.3, 0.4) is 0 Å². The minimum Gasteiger partial charge on any atom is -0.481 e. The number of hydrogen-bond donors (Lipinski definition) is 9. The third-order valence-corrected chi connectivity index (χ3v) is 18.8. The molecular formula is C47H74O17. The summed E-state index contributed by atoms with van der Waals surface area (Å²) in [4.78, 5) is 27.0. The van der Waals surface area contributed by atoms with Crippen molar-refractivity contribution in [2.45, 2.75) is 205 Å². The number of allylic oxidation sites excluding steroid dienone is 2. The lowest BCUT2D eigenvalue weighted by atomic mass is 9.33. The minimum absolute atomic E-state index is 0.0760. The lowest BCUT2D eigenvalue weighted by Gasteiger charge is -2.71. The molecule has 3 heterocycles. The van der Waals surface area contributed by atoms with E-state index in [4.69, 9.17) is 28.4 Å². The first-order chi connectivity index (χ1) is 29.9. The molecule has 23 atom stereocenters. The summed E-state index contributed by atoms with van der Waals surface area (Å²) in [5.74, 6) is -1.30. The summed E-state index contributed by atoms with van der Waals surface area (Å²) in [6.07, 6.45) is -11.5. The number of hydrogen-bond acceptors (Lipinski definition) is 16. The number of carboxylic acid groups (broad SMARTS) is 1. The van der Waals surface area contributed by atoms with Crippen molar-refractivity contribution >= 4 is 12.3 Å². The largest absolute Gasteiger partial charge is 0.481 e. The molecule has 17 heteroatoms. The van der Waals surface area contributed by atoms with E-state index in [1.807, 2.05) is 6.92 Å². The highest BCUT2D eigenvalue weighted by atomic mass is 16.8. The number of fused-ring (bicyclic) bond motifs is 7. The fourth-order valence-corrected chi connectivity index (χ4v) is 14.7. The quantitative estimate of drug-likeness (QED) is 0.0902. The van der Waals surface area contributed by atoms with Crippen LogP contribution in [0.15, 0.2) is 11.6 Å². The molecule has 0 amide bonds. The molecule has 7 fully saturated rings. The van der Waals surface area contributed by atoms with Gasteiger partial charge < -0.3 is 79.2 Å². The Hall–Kier alpha value is -1.68. The molecule has 9 N–H and O–H groups in total. The maximum Gasteiger partial charge on any atom is 0.312 e. The van der Waals surface area contributed by atoms with Crippen molar-refractivity contribution in [2.75, 3.05) is 13.2 Å². The third-order valence-electron chi connectivity index (χ3n) is 18.8. The smallest absolute Gasteiger partial charge is 0.312 e. The van der Waals surface area contributed by atoms with Gasteiger partial charge in [-0.3, -0.25) is 4.79 Å². The monoisotopic (exact) mass is 910 g/mol. The van der Waals surface area contributed by atoms with Gasteiger partial charge in [-0.15, -0.1) is 0 Å². The van der Waals surface area contributed by atoms with Crippen molar-refractivity contribution in [3.63, 3.8) is 0 Å². The minimum atomic E-state index is -1.74. The summed E-state index contributed by atoms with van der Waals surface area (Å²) in [6.45, 7) is 13.7. The summed E-state index contributed by atoms with van der Waals surface area (Å²) in [6, 6.07) is 0. The predicted octanol–water partition coefficient (Wildman–Crippen LogP) is 1.55. The number of ether oxygens (including phenoxy) is 6. The van der Waals surface area contributed by atoms with E-state index < -0.39 is 121 Å². The van der Waals surface area contributed by atoms with Gasteiger partial charge in [-0.25, -0.2) is 0 Å². The predicted molar refractivity (Wildman–Crippen MR) is 224 cm³/mol. The van der Waals surface area contributed by atoms with Crippen LogP contribution in [-0.4, -0.2) is 164 Å². The van der Waals surface area contributed by atoms with Crippen molar-refractivity contribution in [3.8, 4) is 0 Å². The lowest BCUT2D eigenvalue weighted by molar-refractivity contribution is -0.382. The molecule has 8 rings (SSSR count). The summed E-state index contributed by atoms with van der Waals surface area (Å²) in [5, 5.41) is 97.5. The van der Waals surface area contributed by atoms with E-state index in [9.17, 15) is 55.5 Å². The Morgan fingerprint density at radius 3 is 2.16 bits per heavy atom. The molecule has 364 valence electrons. The van der Waals surface area contributed by atoms with Crippen LogP contribution in [0.25, 0.3) is 0 Å². The molecule has 0 aromatic heterocycles. The van der Waals surface area contributed by atoms with Gasteiger partial charge in [-0.2, -0.15) is 0 Å². The Labute approximate surface area is 375 Å². The Bertz CT molecular complexity index is 1780. The Kier molecular flexibility index (Phi) is 13.0. The van der Waals surface area contributed by atoms with Gasteiger partial charge in [0.1, 0.15) is 60.5 Å². The van der Waals surface area contributed by atoms with Crippen LogP contribution in [0.5, 0.6) is 0 Å². The molecule has 0 aromatic rings. The van der Waals surface area contributed by atoms with Gasteiger partial charge in [0.2, 0.25) is 0 Å². The molecule has 9 unspecified atom stereocenters. The van der Waals surface area contributed by atoms with E-state index in [0.29, 0.717) is 44.9 Å². The summed E-state index contributed by atoms with van der Waals surface area (Å²) >= 11 is 0. The molecule has 64 heavy (non-hydrogen) atoms. The van der Waals surface area contributed by atoms with Crippen LogP contribution in [-0.2, 0) is 38.0 Å². The number of aliphatic hydroxyl groups is 8. The van der Waals surface area contributed by atoms with Crippen LogP contribution < -0.4 is 0 Å². The number of rotatable bonds is 9. The van der Waals surface area contributed by atoms with Gasteiger partial charge in [0, 0.05) is 6.42 Å². The standard InChI is InChI=1S/C47H74O17/c1-22-33(54)34(55)35(56)39(60-22)63-36-27(52)20-59-40(37(36)64-38-26(51)16-25(50)28(19-48)61-38)62-32-11-12-43(4)29(44(32,5)21-49)10-13-45(6)30(43)9-8-23-24-17-42(2,3)14-15-47(24,41(57)58)31(53)18-46(23,45)7/h8,21-22,24-40,48,50-56H,9-20H2,1-7H3,(H,57,58)/t22-,24?,25+,26-,27+,28?,29+,30?,31+,32-,33-,34?,35?,36-,37?,38-,39-,40-,43?,44?,45-,46+,47?/m0/s1. The van der Waals surface area contributed by atoms with Crippen LogP contribution in [0, 0.1) is 50.2 Å². The van der Waals surface area contributed by atoms with Crippen molar-refractivity contribution in [1.82, 2.24) is 0 Å². The van der Waals surface area contributed by atoms with Crippen molar-refractivity contribution in [3.05, 3.63) is 11.6 Å². The van der Waals surface area contributed by atoms with Gasteiger partial charge in [0.25, 0.3) is 0 Å². The lowest BCUT2D eigenvalue weighted by Crippen LogP contribution is -2.68. The Balaban J connectivity index is 1.09. The molecule has 0 aromatic carbocycles. The third kappa shape index (κ3) is 7.40. The van der Waals surface area contributed by atoms with Gasteiger partial charge in [0.15, 0.2) is 18.9 Å². The average Bonchev–Trinajstić information content (AvgIpc) is 3.22. The van der Waals surface area contributed by atoms with E-state index in [2.05, 4.69) is 40.7 Å². The van der Waals surface area contributed by atoms with Gasteiger partial charge in [-0.05, 0) is 104 Å². The Morgan fingerprint density at radius 1 is 0.781 bits per heavy atom. The molecule has 0 spiro atoms. The number of carboxylic acids is 1. The molecular weight excluding hydrogens is 836 g/mol. The highest BCUT2D eigenvalue weighted by molar-refractivity contribution is 5.77. The van der Waals surface area contributed by atoms with E-state index in [1.165, 1.54) is 12.5 Å². The van der Waals surface area contributed by atoms with Crippen LogP contribution in [0.2, 0.25) is 0 Å². The number of aldehydes is 1. The topological polar surface area (TPSA) is 272 Å². The van der Waals surface area contributed by atoms with Crippen LogP contribution >= 0.6 is 0 Å². The zero-order chi connectivity index (χ0) is 46.7. The zero-order valence-corrected chi connectivity index (χ0v) is 38.3. The first-order valence-corrected chi connectivity index (χ1v) is 23.6. The zero-order valence-electron chi connectivity index (χ0n) is 38.3. The highest BCUT2D eigenvalue weighted by Gasteiger charge is 2.72. The first kappa shape index (κ1) is 48.8. The number of carbonyl (C=O) groups excluding carboxylic acids is 1. The highest BCUT2D eigenvalue weighted by Crippen LogP contribution is 2.76. The second kappa shape index (κ2) is 17.1. The SMILES string of the molecule is C[C@@H]1O[C@@H](O[C@@H]2C(O[C@@H]3OC(CO)[C@H](O)C[C@@H]3O)[C@H](O[C@H]3CCC4(C)C5CC=C6C7CC(C)(C)CCC7(C(=O)O)[C@H](O)C[C@@]6(C)[C@@]5(C)CC[C@H]4C3(C)C=O)OC[C@H]2O)C(O)C(O)[C@H]1O. The summed E-state index contributed by atoms with van der Waals surface area (Å²) < 4.78 is 37.0. The van der Waals surface area contributed by atoms with Crippen molar-refractivity contribution < 1.29 is 84.0 Å². The average molecular weight is 911 g/mol. The normalized spacial score (nSPS) is 54.9. The first-order valence-electron chi connectivity index (χ1n) is 23.6. The molecule has 17 nitrogen and oxygen atoms in total. The number of aliphatic carboxylic acids is 1. The summed E-state index contributed by atoms with van der Waals surface area (Å²) in [5.41, 5.74) is -2.41. The molecule has 3 aliphatic heterocycles. The number of aliphatic hydroxyl groups excluding tert-OH is 8. The molecule has 5 aliphatic carbocycles. The van der Waals surface area contributed by atoms with E-state index >= 15 is 0 Å². The van der Waals surface area contributed by atoms with E-state index in [0.717, 1.165) is 19.1 Å². The van der Waals surface area contributed by atoms with Gasteiger partial charge >= 0.3 is 5.97 Å². The number of carbonyl (C=O) groups is 2. The molecule has 3 saturated heterocycles. The second-order valence-electron chi connectivity index (χ2n) is 22.7. The molecule has 0 radical (unpaired) electrons. The fourth-order valence-electron chi connectivity index (χ4n) is 14.7.